The van der Waals surface area contributed by atoms with Gasteiger partial charge in [0.05, 0.1) is 18.8 Å². The van der Waals surface area contributed by atoms with E-state index in [-0.39, 0.29) is 23.5 Å². The summed E-state index contributed by atoms with van der Waals surface area (Å²) in [7, 11) is 0. The van der Waals surface area contributed by atoms with Crippen LogP contribution >= 0.6 is 0 Å². The minimum atomic E-state index is -0.0947. The maximum Gasteiger partial charge on any atom is 0.315 e. The molecule has 2 amide bonds. The second-order valence-electron chi connectivity index (χ2n) is 7.85. The van der Waals surface area contributed by atoms with Gasteiger partial charge in [0.15, 0.2) is 0 Å². The maximum atomic E-state index is 12.2. The second-order valence-corrected chi connectivity index (χ2v) is 7.85. The summed E-state index contributed by atoms with van der Waals surface area (Å²) in [5.74, 6) is 0.974. The van der Waals surface area contributed by atoms with Crippen LogP contribution in [-0.4, -0.2) is 44.0 Å². The normalized spacial score (nSPS) is 31.1. The van der Waals surface area contributed by atoms with Crippen LogP contribution in [0.5, 0.6) is 0 Å². The first-order chi connectivity index (χ1) is 10.3. The zero-order valence-electron chi connectivity index (χ0n) is 14.6. The van der Waals surface area contributed by atoms with Crippen LogP contribution < -0.4 is 10.6 Å². The Labute approximate surface area is 134 Å². The van der Waals surface area contributed by atoms with Gasteiger partial charge in [0.1, 0.15) is 0 Å². The van der Waals surface area contributed by atoms with Gasteiger partial charge in [-0.25, -0.2) is 4.79 Å². The van der Waals surface area contributed by atoms with Crippen LogP contribution in [0.1, 0.15) is 47.5 Å². The first-order valence-corrected chi connectivity index (χ1v) is 8.58. The van der Waals surface area contributed by atoms with E-state index in [0.29, 0.717) is 24.5 Å². The van der Waals surface area contributed by atoms with E-state index in [1.807, 2.05) is 6.92 Å². The van der Waals surface area contributed by atoms with Crippen molar-refractivity contribution in [2.45, 2.75) is 65.6 Å². The van der Waals surface area contributed by atoms with E-state index in [1.54, 1.807) is 0 Å². The summed E-state index contributed by atoms with van der Waals surface area (Å²) in [6, 6.07) is 0.115. The molecule has 1 saturated heterocycles. The monoisotopic (exact) mass is 312 g/mol. The lowest BCUT2D eigenvalue weighted by Gasteiger charge is -2.59. The van der Waals surface area contributed by atoms with Crippen LogP contribution in [0.2, 0.25) is 0 Å². The summed E-state index contributed by atoms with van der Waals surface area (Å²) in [6.45, 7) is 12.7. The van der Waals surface area contributed by atoms with E-state index in [1.165, 1.54) is 0 Å². The van der Waals surface area contributed by atoms with Crippen molar-refractivity contribution in [2.75, 3.05) is 19.8 Å². The topological polar surface area (TPSA) is 59.6 Å². The minimum Gasteiger partial charge on any atom is -0.379 e. The molecule has 0 spiro atoms. The molecule has 0 bridgehead atoms. The van der Waals surface area contributed by atoms with Gasteiger partial charge in [-0.15, -0.1) is 0 Å². The third-order valence-corrected chi connectivity index (χ3v) is 4.81. The predicted octanol–water partition coefficient (Wildman–Crippen LogP) is 2.55. The van der Waals surface area contributed by atoms with Crippen LogP contribution in [0.25, 0.3) is 0 Å². The SMILES string of the molecule is CC(C)COC[C@H](C)NC(=O)N[C@@H]1[C@@H]2CCCO[C@H]2C1(C)C. The molecule has 0 aromatic heterocycles. The largest absolute Gasteiger partial charge is 0.379 e. The van der Waals surface area contributed by atoms with Crippen molar-refractivity contribution in [1.82, 2.24) is 10.6 Å². The van der Waals surface area contributed by atoms with Gasteiger partial charge in [0, 0.05) is 30.6 Å². The Morgan fingerprint density at radius 2 is 2.05 bits per heavy atom. The molecule has 1 saturated carbocycles. The lowest BCUT2D eigenvalue weighted by Crippen LogP contribution is -2.71. The van der Waals surface area contributed by atoms with Crippen LogP contribution in [0.15, 0.2) is 0 Å². The molecule has 2 fully saturated rings. The molecule has 4 atom stereocenters. The molecular formula is C17H32N2O3. The molecule has 2 aliphatic rings. The molecule has 5 nitrogen and oxygen atoms in total. The van der Waals surface area contributed by atoms with E-state index in [0.717, 1.165) is 26.1 Å². The highest BCUT2D eigenvalue weighted by molar-refractivity contribution is 5.75. The number of amides is 2. The molecule has 0 radical (unpaired) electrons. The summed E-state index contributed by atoms with van der Waals surface area (Å²) >= 11 is 0. The Morgan fingerprint density at radius 1 is 1.32 bits per heavy atom. The van der Waals surface area contributed by atoms with Gasteiger partial charge in [-0.3, -0.25) is 0 Å². The zero-order chi connectivity index (χ0) is 16.3. The summed E-state index contributed by atoms with van der Waals surface area (Å²) in [5, 5.41) is 6.12. The van der Waals surface area contributed by atoms with E-state index in [4.69, 9.17) is 9.47 Å². The maximum absolute atomic E-state index is 12.2. The highest BCUT2D eigenvalue weighted by atomic mass is 16.5. The average molecular weight is 312 g/mol. The van der Waals surface area contributed by atoms with Gasteiger partial charge in [0.2, 0.25) is 0 Å². The quantitative estimate of drug-likeness (QED) is 0.792. The summed E-state index contributed by atoms with van der Waals surface area (Å²) in [4.78, 5) is 12.2. The Hall–Kier alpha value is -0.810. The highest BCUT2D eigenvalue weighted by Crippen LogP contribution is 2.51. The fourth-order valence-electron chi connectivity index (χ4n) is 3.74. The number of rotatable bonds is 6. The zero-order valence-corrected chi connectivity index (χ0v) is 14.6. The van der Waals surface area contributed by atoms with Crippen molar-refractivity contribution < 1.29 is 14.3 Å². The standard InChI is InChI=1S/C17H32N2O3/c1-11(2)9-21-10-12(3)18-16(20)19-14-13-7-6-8-22-15(13)17(14,4)5/h11-15H,6-10H2,1-5H3,(H2,18,19,20)/t12-,13-,14+,15+/m0/s1. The summed E-state index contributed by atoms with van der Waals surface area (Å²) in [6.07, 6.45) is 2.53. The van der Waals surface area contributed by atoms with Crippen LogP contribution in [-0.2, 0) is 9.47 Å². The molecule has 5 heteroatoms. The van der Waals surface area contributed by atoms with Crippen molar-refractivity contribution >= 4 is 6.03 Å². The molecule has 1 heterocycles. The van der Waals surface area contributed by atoms with Crippen molar-refractivity contribution in [3.8, 4) is 0 Å². The molecule has 2 N–H and O–H groups in total. The van der Waals surface area contributed by atoms with Gasteiger partial charge in [-0.05, 0) is 25.7 Å². The van der Waals surface area contributed by atoms with E-state index < -0.39 is 0 Å². The van der Waals surface area contributed by atoms with Gasteiger partial charge >= 0.3 is 6.03 Å². The molecular weight excluding hydrogens is 280 g/mol. The molecule has 0 unspecified atom stereocenters. The van der Waals surface area contributed by atoms with Crippen molar-refractivity contribution in [1.29, 1.82) is 0 Å². The van der Waals surface area contributed by atoms with E-state index in [2.05, 4.69) is 38.3 Å². The smallest absolute Gasteiger partial charge is 0.315 e. The van der Waals surface area contributed by atoms with Gasteiger partial charge in [-0.2, -0.15) is 0 Å². The van der Waals surface area contributed by atoms with Gasteiger partial charge < -0.3 is 20.1 Å². The minimum absolute atomic E-state index is 0.0137. The van der Waals surface area contributed by atoms with E-state index >= 15 is 0 Å². The molecule has 1 aliphatic heterocycles. The molecule has 128 valence electrons. The van der Waals surface area contributed by atoms with Crippen molar-refractivity contribution in [3.63, 3.8) is 0 Å². The summed E-state index contributed by atoms with van der Waals surface area (Å²) < 4.78 is 11.4. The number of carbonyl (C=O) groups excluding carboxylic acids is 1. The first-order valence-electron chi connectivity index (χ1n) is 8.58. The lowest BCUT2D eigenvalue weighted by atomic mass is 9.55. The number of nitrogens with one attached hydrogen (secondary N) is 2. The average Bonchev–Trinajstić information content (AvgIpc) is 2.44. The Kier molecular flexibility index (Phi) is 5.72. The van der Waals surface area contributed by atoms with Crippen molar-refractivity contribution in [2.24, 2.45) is 17.3 Å². The lowest BCUT2D eigenvalue weighted by molar-refractivity contribution is -0.189. The van der Waals surface area contributed by atoms with Crippen LogP contribution in [0.4, 0.5) is 4.79 Å². The highest BCUT2D eigenvalue weighted by Gasteiger charge is 2.58. The fraction of sp³-hybridized carbons (Fsp3) is 0.941. The van der Waals surface area contributed by atoms with Gasteiger partial charge in [-0.1, -0.05) is 27.7 Å². The molecule has 2 rings (SSSR count). The first kappa shape index (κ1) is 17.5. The summed E-state index contributed by atoms with van der Waals surface area (Å²) in [5.41, 5.74) is 0.0137. The molecule has 0 aromatic rings. The molecule has 22 heavy (non-hydrogen) atoms. The van der Waals surface area contributed by atoms with Crippen molar-refractivity contribution in [3.05, 3.63) is 0 Å². The van der Waals surface area contributed by atoms with Crippen LogP contribution in [0, 0.1) is 17.3 Å². The Morgan fingerprint density at radius 3 is 2.73 bits per heavy atom. The third-order valence-electron chi connectivity index (χ3n) is 4.81. The van der Waals surface area contributed by atoms with Gasteiger partial charge in [0.25, 0.3) is 0 Å². The third kappa shape index (κ3) is 3.93. The number of ether oxygens (including phenoxy) is 2. The number of urea groups is 1. The number of carbonyl (C=O) groups is 1. The number of fused-ring (bicyclic) bond motifs is 1. The van der Waals surface area contributed by atoms with E-state index in [9.17, 15) is 4.79 Å². The number of hydrogen-bond acceptors (Lipinski definition) is 3. The molecule has 0 aromatic carbocycles. The Balaban J connectivity index is 1.74. The Bertz CT molecular complexity index is 384. The molecule has 1 aliphatic carbocycles. The fourth-order valence-corrected chi connectivity index (χ4v) is 3.74. The number of hydrogen-bond donors (Lipinski definition) is 2. The predicted molar refractivity (Wildman–Crippen MR) is 86.8 cm³/mol. The van der Waals surface area contributed by atoms with Crippen LogP contribution in [0.3, 0.4) is 0 Å². The second kappa shape index (κ2) is 7.18.